The Kier molecular flexibility index (Phi) is 2.72. The molecule has 0 nitrogen and oxygen atoms in total. The minimum atomic E-state index is 0.757. The highest BCUT2D eigenvalue weighted by Crippen LogP contribution is 2.19. The van der Waals surface area contributed by atoms with E-state index in [9.17, 15) is 0 Å². The monoisotopic (exact) mass is 186 g/mol. The van der Waals surface area contributed by atoms with Crippen LogP contribution < -0.4 is 0 Å². The molecule has 0 unspecified atom stereocenters. The first-order chi connectivity index (χ1) is 6.75. The predicted molar refractivity (Wildman–Crippen MR) is 61.5 cm³/mol. The molecule has 0 aliphatic heterocycles. The lowest BCUT2D eigenvalue weighted by atomic mass is 9.92. The average molecular weight is 186 g/mol. The number of rotatable bonds is 2. The summed E-state index contributed by atoms with van der Waals surface area (Å²) >= 11 is 0. The second-order valence-corrected chi connectivity index (χ2v) is 4.58. The van der Waals surface area contributed by atoms with Gasteiger partial charge in [0.15, 0.2) is 0 Å². The van der Waals surface area contributed by atoms with E-state index in [-0.39, 0.29) is 0 Å². The van der Waals surface area contributed by atoms with Gasteiger partial charge in [0, 0.05) is 0 Å². The highest BCUT2D eigenvalue weighted by molar-refractivity contribution is 5.37. The van der Waals surface area contributed by atoms with Gasteiger partial charge in [-0.2, -0.15) is 0 Å². The third kappa shape index (κ3) is 2.06. The number of fused-ring (bicyclic) bond motifs is 1. The maximum Gasteiger partial charge on any atom is -0.00944 e. The third-order valence-corrected chi connectivity index (χ3v) is 2.76. The lowest BCUT2D eigenvalue weighted by Crippen LogP contribution is -2.00. The first-order valence-electron chi connectivity index (χ1n) is 5.51. The van der Waals surface area contributed by atoms with E-state index < -0.39 is 0 Å². The molecule has 1 aliphatic rings. The Hall–Kier alpha value is -1.04. The van der Waals surface area contributed by atoms with Crippen molar-refractivity contribution in [3.05, 3.63) is 47.0 Å². The molecule has 14 heavy (non-hydrogen) atoms. The SMILES string of the molecule is CC(C)Cc1ccc2c(c1)CC=CC2. The van der Waals surface area contributed by atoms with Gasteiger partial charge in [0.05, 0.1) is 0 Å². The number of benzene rings is 1. The molecule has 0 bridgehead atoms. The van der Waals surface area contributed by atoms with Crippen molar-refractivity contribution in [1.82, 2.24) is 0 Å². The van der Waals surface area contributed by atoms with Crippen molar-refractivity contribution in [3.8, 4) is 0 Å². The molecule has 0 heterocycles. The van der Waals surface area contributed by atoms with Crippen molar-refractivity contribution in [2.24, 2.45) is 5.92 Å². The van der Waals surface area contributed by atoms with Crippen LogP contribution in [0.25, 0.3) is 0 Å². The Morgan fingerprint density at radius 3 is 2.50 bits per heavy atom. The van der Waals surface area contributed by atoms with Gasteiger partial charge < -0.3 is 0 Å². The first-order valence-corrected chi connectivity index (χ1v) is 5.51. The molecule has 1 aliphatic carbocycles. The molecule has 0 spiro atoms. The topological polar surface area (TPSA) is 0 Å². The highest BCUT2D eigenvalue weighted by Gasteiger charge is 2.06. The van der Waals surface area contributed by atoms with E-state index in [2.05, 4.69) is 44.2 Å². The number of hydrogen-bond acceptors (Lipinski definition) is 0. The molecule has 1 aromatic carbocycles. The Balaban J connectivity index is 2.23. The van der Waals surface area contributed by atoms with Gasteiger partial charge in [0.1, 0.15) is 0 Å². The summed E-state index contributed by atoms with van der Waals surface area (Å²) < 4.78 is 0. The fraction of sp³-hybridized carbons (Fsp3) is 0.429. The summed E-state index contributed by atoms with van der Waals surface area (Å²) in [5, 5.41) is 0. The third-order valence-electron chi connectivity index (χ3n) is 2.76. The van der Waals surface area contributed by atoms with E-state index in [0.29, 0.717) is 0 Å². The summed E-state index contributed by atoms with van der Waals surface area (Å²) in [6.07, 6.45) is 8.00. The van der Waals surface area contributed by atoms with Crippen LogP contribution in [0.4, 0.5) is 0 Å². The van der Waals surface area contributed by atoms with Gasteiger partial charge in [-0.1, -0.05) is 44.2 Å². The quantitative estimate of drug-likeness (QED) is 0.620. The number of hydrogen-bond donors (Lipinski definition) is 0. The molecule has 0 saturated heterocycles. The van der Waals surface area contributed by atoms with E-state index in [1.165, 1.54) is 23.1 Å². The predicted octanol–water partition coefficient (Wildman–Crippen LogP) is 3.54. The molecule has 74 valence electrons. The molecule has 1 aromatic rings. The zero-order chi connectivity index (χ0) is 9.97. The maximum atomic E-state index is 2.39. The molecule has 0 radical (unpaired) electrons. The van der Waals surface area contributed by atoms with E-state index in [0.717, 1.165) is 18.8 Å². The van der Waals surface area contributed by atoms with Crippen molar-refractivity contribution in [1.29, 1.82) is 0 Å². The van der Waals surface area contributed by atoms with Crippen LogP contribution in [0.2, 0.25) is 0 Å². The number of allylic oxidation sites excluding steroid dienone is 2. The Bertz CT molecular complexity index is 345. The smallest absolute Gasteiger partial charge is 0.00944 e. The lowest BCUT2D eigenvalue weighted by Gasteiger charge is -2.13. The van der Waals surface area contributed by atoms with E-state index >= 15 is 0 Å². The van der Waals surface area contributed by atoms with Gasteiger partial charge in [-0.3, -0.25) is 0 Å². The Labute approximate surface area is 86.7 Å². The van der Waals surface area contributed by atoms with Crippen molar-refractivity contribution in [2.75, 3.05) is 0 Å². The lowest BCUT2D eigenvalue weighted by molar-refractivity contribution is 0.646. The summed E-state index contributed by atoms with van der Waals surface area (Å²) in [5.41, 5.74) is 4.54. The molecule has 0 atom stereocenters. The zero-order valence-electron chi connectivity index (χ0n) is 9.09. The molecule has 0 saturated carbocycles. The molecule has 0 N–H and O–H groups in total. The van der Waals surface area contributed by atoms with Crippen LogP contribution in [0.15, 0.2) is 30.4 Å². The molecular formula is C14H18. The van der Waals surface area contributed by atoms with Crippen LogP contribution >= 0.6 is 0 Å². The summed E-state index contributed by atoms with van der Waals surface area (Å²) in [5.74, 6) is 0.757. The summed E-state index contributed by atoms with van der Waals surface area (Å²) in [4.78, 5) is 0. The van der Waals surface area contributed by atoms with Crippen molar-refractivity contribution >= 4 is 0 Å². The van der Waals surface area contributed by atoms with Crippen LogP contribution in [0, 0.1) is 5.92 Å². The van der Waals surface area contributed by atoms with E-state index in [4.69, 9.17) is 0 Å². The van der Waals surface area contributed by atoms with Crippen molar-refractivity contribution in [3.63, 3.8) is 0 Å². The normalized spacial score (nSPS) is 14.5. The van der Waals surface area contributed by atoms with Crippen LogP contribution in [-0.2, 0) is 19.3 Å². The summed E-state index contributed by atoms with van der Waals surface area (Å²) in [6.45, 7) is 4.55. The Morgan fingerprint density at radius 1 is 1.07 bits per heavy atom. The van der Waals surface area contributed by atoms with Crippen molar-refractivity contribution in [2.45, 2.75) is 33.1 Å². The zero-order valence-corrected chi connectivity index (χ0v) is 9.09. The molecule has 2 rings (SSSR count). The highest BCUT2D eigenvalue weighted by atomic mass is 14.1. The van der Waals surface area contributed by atoms with Crippen LogP contribution in [0.3, 0.4) is 0 Å². The summed E-state index contributed by atoms with van der Waals surface area (Å²) in [7, 11) is 0. The minimum absolute atomic E-state index is 0.757. The second kappa shape index (κ2) is 4.00. The van der Waals surface area contributed by atoms with Gasteiger partial charge in [-0.05, 0) is 41.9 Å². The van der Waals surface area contributed by atoms with Crippen LogP contribution in [-0.4, -0.2) is 0 Å². The fourth-order valence-electron chi connectivity index (χ4n) is 2.09. The standard InChI is InChI=1S/C14H18/c1-11(2)9-12-7-8-13-5-3-4-6-14(13)10-12/h3-4,7-8,10-11H,5-6,9H2,1-2H3. The summed E-state index contributed by atoms with van der Waals surface area (Å²) in [6, 6.07) is 6.98. The van der Waals surface area contributed by atoms with E-state index in [1.807, 2.05) is 0 Å². The van der Waals surface area contributed by atoms with Gasteiger partial charge >= 0.3 is 0 Å². The molecular weight excluding hydrogens is 168 g/mol. The average Bonchev–Trinajstić information content (AvgIpc) is 2.17. The molecule has 0 fully saturated rings. The minimum Gasteiger partial charge on any atom is -0.0838 e. The van der Waals surface area contributed by atoms with Crippen LogP contribution in [0.5, 0.6) is 0 Å². The van der Waals surface area contributed by atoms with Crippen LogP contribution in [0.1, 0.15) is 30.5 Å². The largest absolute Gasteiger partial charge is 0.0838 e. The van der Waals surface area contributed by atoms with E-state index in [1.54, 1.807) is 0 Å². The fourth-order valence-corrected chi connectivity index (χ4v) is 2.09. The first kappa shape index (κ1) is 9.51. The molecule has 0 amide bonds. The molecule has 0 aromatic heterocycles. The molecule has 0 heteroatoms. The second-order valence-electron chi connectivity index (χ2n) is 4.58. The van der Waals surface area contributed by atoms with Crippen molar-refractivity contribution < 1.29 is 0 Å². The van der Waals surface area contributed by atoms with Gasteiger partial charge in [-0.15, -0.1) is 0 Å². The van der Waals surface area contributed by atoms with Gasteiger partial charge in [0.2, 0.25) is 0 Å². The van der Waals surface area contributed by atoms with Gasteiger partial charge in [0.25, 0.3) is 0 Å². The maximum absolute atomic E-state index is 2.39. The van der Waals surface area contributed by atoms with Gasteiger partial charge in [-0.25, -0.2) is 0 Å². The Morgan fingerprint density at radius 2 is 1.79 bits per heavy atom.